The Kier molecular flexibility index (Phi) is 4.73. The van der Waals surface area contributed by atoms with Crippen LogP contribution in [0.15, 0.2) is 79.5 Å². The highest BCUT2D eigenvalue weighted by Gasteiger charge is 2.20. The van der Waals surface area contributed by atoms with Gasteiger partial charge in [0.15, 0.2) is 0 Å². The van der Waals surface area contributed by atoms with Crippen LogP contribution in [0.4, 0.5) is 0 Å². The van der Waals surface area contributed by atoms with E-state index >= 15 is 0 Å². The lowest BCUT2D eigenvalue weighted by Crippen LogP contribution is -2.04. The van der Waals surface area contributed by atoms with Gasteiger partial charge in [0.2, 0.25) is 5.88 Å². The number of aryl methyl sites for hydroxylation is 2. The summed E-state index contributed by atoms with van der Waals surface area (Å²) in [7, 11) is 1.66. The molecule has 0 aliphatic rings. The van der Waals surface area contributed by atoms with Gasteiger partial charge in [-0.05, 0) is 12.1 Å². The number of fused-ring (bicyclic) bond motifs is 1. The molecule has 0 saturated carbocycles. The lowest BCUT2D eigenvalue weighted by molar-refractivity contribution is 0.401. The van der Waals surface area contributed by atoms with Crippen molar-refractivity contribution >= 4 is 10.9 Å². The number of hydrogen-bond donors (Lipinski definition) is 1. The summed E-state index contributed by atoms with van der Waals surface area (Å²) in [4.78, 5) is 16.8. The van der Waals surface area contributed by atoms with E-state index in [0.29, 0.717) is 5.88 Å². The molecule has 0 radical (unpaired) electrons. The summed E-state index contributed by atoms with van der Waals surface area (Å²) in [6, 6.07) is 20.4. The molecule has 0 fully saturated rings. The fourth-order valence-electron chi connectivity index (χ4n) is 3.73. The zero-order chi connectivity index (χ0) is 20.3. The van der Waals surface area contributed by atoms with Gasteiger partial charge < -0.3 is 14.3 Å². The van der Waals surface area contributed by atoms with Gasteiger partial charge in [0.05, 0.1) is 42.2 Å². The number of aromatic nitrogens is 5. The van der Waals surface area contributed by atoms with Crippen molar-refractivity contribution in [1.82, 2.24) is 24.5 Å². The number of nitrogens with one attached hydrogen (secondary N) is 1. The third kappa shape index (κ3) is 3.33. The van der Waals surface area contributed by atoms with Crippen molar-refractivity contribution in [2.75, 3.05) is 7.11 Å². The van der Waals surface area contributed by atoms with Gasteiger partial charge in [-0.2, -0.15) is 0 Å². The summed E-state index contributed by atoms with van der Waals surface area (Å²) >= 11 is 0. The summed E-state index contributed by atoms with van der Waals surface area (Å²) in [5.41, 5.74) is 5.88. The maximum absolute atomic E-state index is 5.71. The average Bonchev–Trinajstić information content (AvgIpc) is 3.47. The van der Waals surface area contributed by atoms with E-state index in [1.165, 1.54) is 0 Å². The Morgan fingerprint density at radius 3 is 2.67 bits per heavy atom. The van der Waals surface area contributed by atoms with Crippen LogP contribution in [0.3, 0.4) is 0 Å². The molecule has 0 unspecified atom stereocenters. The Labute approximate surface area is 174 Å². The van der Waals surface area contributed by atoms with Gasteiger partial charge in [-0.3, -0.25) is 0 Å². The molecule has 0 saturated heterocycles. The molecule has 1 N–H and O–H groups in total. The number of H-pyrrole nitrogens is 1. The van der Waals surface area contributed by atoms with Crippen LogP contribution in [0.25, 0.3) is 33.4 Å². The second-order valence-corrected chi connectivity index (χ2v) is 7.07. The number of imidazole rings is 2. The Bertz CT molecular complexity index is 1280. The monoisotopic (exact) mass is 395 g/mol. The van der Waals surface area contributed by atoms with Crippen molar-refractivity contribution in [3.8, 4) is 28.4 Å². The van der Waals surface area contributed by atoms with E-state index in [1.54, 1.807) is 13.4 Å². The smallest absolute Gasteiger partial charge is 0.223 e. The Morgan fingerprint density at radius 2 is 1.87 bits per heavy atom. The highest BCUT2D eigenvalue weighted by molar-refractivity contribution is 5.89. The van der Waals surface area contributed by atoms with Crippen LogP contribution in [0.5, 0.6) is 5.88 Å². The Balaban J connectivity index is 1.68. The molecule has 30 heavy (non-hydrogen) atoms. The van der Waals surface area contributed by atoms with Gasteiger partial charge in [-0.15, -0.1) is 0 Å². The van der Waals surface area contributed by atoms with Crippen LogP contribution in [0, 0.1) is 0 Å². The fraction of sp³-hybridized carbons (Fsp3) is 0.125. The highest BCUT2D eigenvalue weighted by atomic mass is 16.5. The van der Waals surface area contributed by atoms with Crippen LogP contribution in [0.2, 0.25) is 0 Å². The van der Waals surface area contributed by atoms with Crippen molar-refractivity contribution < 1.29 is 4.74 Å². The van der Waals surface area contributed by atoms with Gasteiger partial charge in [0.25, 0.3) is 0 Å². The molecule has 5 aromatic rings. The van der Waals surface area contributed by atoms with Crippen LogP contribution in [-0.2, 0) is 13.0 Å². The normalized spacial score (nSPS) is 11.1. The summed E-state index contributed by atoms with van der Waals surface area (Å²) < 4.78 is 7.87. The molecule has 0 bridgehead atoms. The quantitative estimate of drug-likeness (QED) is 0.451. The molecule has 6 heteroatoms. The van der Waals surface area contributed by atoms with Crippen LogP contribution in [0.1, 0.15) is 5.69 Å². The second kappa shape index (κ2) is 7.83. The highest BCUT2D eigenvalue weighted by Crippen LogP contribution is 2.37. The Morgan fingerprint density at radius 1 is 1.03 bits per heavy atom. The van der Waals surface area contributed by atoms with E-state index in [1.807, 2.05) is 48.9 Å². The van der Waals surface area contributed by atoms with Crippen molar-refractivity contribution in [2.45, 2.75) is 13.0 Å². The molecule has 5 rings (SSSR count). The van der Waals surface area contributed by atoms with Crippen molar-refractivity contribution in [2.24, 2.45) is 0 Å². The molecular formula is C24H21N5O. The molecule has 148 valence electrons. The van der Waals surface area contributed by atoms with Gasteiger partial charge in [-0.25, -0.2) is 15.0 Å². The topological polar surface area (TPSA) is 68.6 Å². The van der Waals surface area contributed by atoms with Crippen molar-refractivity contribution in [3.63, 3.8) is 0 Å². The number of rotatable bonds is 6. The predicted octanol–water partition coefficient (Wildman–Crippen LogP) is 4.74. The fourth-order valence-corrected chi connectivity index (χ4v) is 3.73. The minimum Gasteiger partial charge on any atom is -0.480 e. The molecule has 3 aromatic heterocycles. The van der Waals surface area contributed by atoms with Crippen LogP contribution < -0.4 is 4.74 Å². The number of para-hydroxylation sites is 1. The maximum atomic E-state index is 5.71. The molecule has 0 spiro atoms. The minimum atomic E-state index is 0.592. The maximum Gasteiger partial charge on any atom is 0.223 e. The predicted molar refractivity (Wildman–Crippen MR) is 117 cm³/mol. The summed E-state index contributed by atoms with van der Waals surface area (Å²) in [6.45, 7) is 0.757. The lowest BCUT2D eigenvalue weighted by atomic mass is 10.0. The molecule has 0 aliphatic carbocycles. The van der Waals surface area contributed by atoms with E-state index < -0.39 is 0 Å². The van der Waals surface area contributed by atoms with E-state index in [0.717, 1.165) is 52.1 Å². The molecule has 6 nitrogen and oxygen atoms in total. The molecule has 3 heterocycles. The first-order valence-electron chi connectivity index (χ1n) is 9.85. The lowest BCUT2D eigenvalue weighted by Gasteiger charge is -2.14. The number of hydrogen-bond acceptors (Lipinski definition) is 4. The van der Waals surface area contributed by atoms with E-state index in [-0.39, 0.29) is 0 Å². The Hall–Kier alpha value is -3.93. The zero-order valence-corrected chi connectivity index (χ0v) is 16.6. The first kappa shape index (κ1) is 18.1. The first-order valence-corrected chi connectivity index (χ1v) is 9.85. The second-order valence-electron chi connectivity index (χ2n) is 7.07. The van der Waals surface area contributed by atoms with Gasteiger partial charge in [0, 0.05) is 35.8 Å². The minimum absolute atomic E-state index is 0.592. The summed E-state index contributed by atoms with van der Waals surface area (Å²) in [6.07, 6.45) is 6.27. The SMILES string of the molecule is COc1nc2ccccc2cc1-c1c(-c2ccccc2)ncn1CCc1cnc[nH]1. The molecular weight excluding hydrogens is 374 g/mol. The first-order chi connectivity index (χ1) is 14.8. The standard InChI is InChI=1S/C24H21N5O/c1-30-24-20(13-18-9-5-6-10-21(18)28-24)23-22(17-7-3-2-4-8-17)27-16-29(23)12-11-19-14-25-15-26-19/h2-10,13-16H,11-12H2,1H3,(H,25,26). The molecule has 0 atom stereocenters. The average molecular weight is 395 g/mol. The number of benzene rings is 2. The third-order valence-electron chi connectivity index (χ3n) is 5.20. The number of pyridine rings is 1. The van der Waals surface area contributed by atoms with Gasteiger partial charge in [-0.1, -0.05) is 48.5 Å². The van der Waals surface area contributed by atoms with Crippen molar-refractivity contribution in [1.29, 1.82) is 0 Å². The molecule has 2 aromatic carbocycles. The third-order valence-corrected chi connectivity index (χ3v) is 5.20. The van der Waals surface area contributed by atoms with Gasteiger partial charge >= 0.3 is 0 Å². The summed E-state index contributed by atoms with van der Waals surface area (Å²) in [5.74, 6) is 0.592. The van der Waals surface area contributed by atoms with E-state index in [4.69, 9.17) is 14.7 Å². The number of nitrogens with zero attached hydrogens (tertiary/aromatic N) is 4. The van der Waals surface area contributed by atoms with Crippen LogP contribution in [-0.4, -0.2) is 31.6 Å². The largest absolute Gasteiger partial charge is 0.480 e. The number of methoxy groups -OCH3 is 1. The molecule has 0 amide bonds. The van der Waals surface area contributed by atoms with Crippen molar-refractivity contribution in [3.05, 3.63) is 85.2 Å². The number of aromatic amines is 1. The molecule has 0 aliphatic heterocycles. The van der Waals surface area contributed by atoms with E-state index in [9.17, 15) is 0 Å². The zero-order valence-electron chi connectivity index (χ0n) is 16.6. The number of ether oxygens (including phenoxy) is 1. The summed E-state index contributed by atoms with van der Waals surface area (Å²) in [5, 5.41) is 1.06. The van der Waals surface area contributed by atoms with Gasteiger partial charge in [0.1, 0.15) is 0 Å². The van der Waals surface area contributed by atoms with Crippen LogP contribution >= 0.6 is 0 Å². The van der Waals surface area contributed by atoms with E-state index in [2.05, 4.69) is 38.8 Å².